The van der Waals surface area contributed by atoms with Gasteiger partial charge in [-0.1, -0.05) is 232 Å². The van der Waals surface area contributed by atoms with Crippen molar-refractivity contribution in [3.05, 3.63) is 245 Å². The van der Waals surface area contributed by atoms with Crippen molar-refractivity contribution < 1.29 is 47.8 Å². The molecule has 0 bridgehead atoms. The number of hydrogen-bond acceptors (Lipinski definition) is 11. The summed E-state index contributed by atoms with van der Waals surface area (Å²) in [6.45, 7) is 48.5. The molecule has 0 radical (unpaired) electrons. The lowest BCUT2D eigenvalue weighted by atomic mass is 9.94. The van der Waals surface area contributed by atoms with E-state index < -0.39 is 12.0 Å². The maximum Gasteiger partial charge on any atom is 0.454 e. The highest BCUT2D eigenvalue weighted by atomic mass is 19.4. The van der Waals surface area contributed by atoms with Gasteiger partial charge in [-0.2, -0.15) is 13.2 Å². The van der Waals surface area contributed by atoms with Gasteiger partial charge in [0, 0.05) is 49.1 Å². The van der Waals surface area contributed by atoms with E-state index in [-0.39, 0.29) is 42.6 Å². The van der Waals surface area contributed by atoms with Gasteiger partial charge in [-0.15, -0.1) is 0 Å². The molecule has 0 amide bonds. The maximum atomic E-state index is 12.2. The summed E-state index contributed by atoms with van der Waals surface area (Å²) >= 11 is 0. The first-order valence-corrected chi connectivity index (χ1v) is 36.8. The van der Waals surface area contributed by atoms with Crippen LogP contribution in [0.25, 0.3) is 5.57 Å². The highest BCUT2D eigenvalue weighted by Crippen LogP contribution is 2.38. The van der Waals surface area contributed by atoms with Crippen LogP contribution in [0.4, 0.5) is 24.5 Å². The third kappa shape index (κ3) is 30.1. The normalized spacial score (nSPS) is 13.8. The molecule has 1 fully saturated rings. The highest BCUT2D eigenvalue weighted by Gasteiger charge is 2.42. The summed E-state index contributed by atoms with van der Waals surface area (Å²) in [6.07, 6.45) is -0.582. The van der Waals surface area contributed by atoms with Crippen molar-refractivity contribution in [1.82, 2.24) is 5.32 Å². The van der Waals surface area contributed by atoms with Gasteiger partial charge < -0.3 is 35.1 Å². The summed E-state index contributed by atoms with van der Waals surface area (Å²) in [5, 5.41) is 42.8. The summed E-state index contributed by atoms with van der Waals surface area (Å²) in [5.41, 5.74) is 21.9. The quantitative estimate of drug-likeness (QED) is 0.0336. The number of aryl methyl sites for hydroxylation is 1. The molecule has 1 atom stereocenters. The van der Waals surface area contributed by atoms with E-state index in [0.29, 0.717) is 71.6 Å². The van der Waals surface area contributed by atoms with Gasteiger partial charge in [0.1, 0.15) is 17.2 Å². The number of methoxy groups -OCH3 is 2. The van der Waals surface area contributed by atoms with Crippen molar-refractivity contribution in [2.45, 2.75) is 233 Å². The molecule has 1 aliphatic heterocycles. The summed E-state index contributed by atoms with van der Waals surface area (Å²) in [7, 11) is 3.36. The minimum Gasteiger partial charge on any atom is -0.508 e. The highest BCUT2D eigenvalue weighted by molar-refractivity contribution is 6.00. The second kappa shape index (κ2) is 45.7. The second-order valence-corrected chi connectivity index (χ2v) is 29.5. The monoisotopic (exact) mass is 1450 g/mol. The number of nitro groups is 1. The molecule has 3 aliphatic rings. The Labute approximate surface area is 629 Å². The lowest BCUT2D eigenvalue weighted by molar-refractivity contribution is -0.384. The first-order valence-electron chi connectivity index (χ1n) is 36.8. The Morgan fingerprint density at radius 3 is 1.63 bits per heavy atom. The average Bonchev–Trinajstić information content (AvgIpc) is 1.65. The smallest absolute Gasteiger partial charge is 0.454 e. The number of fused-ring (bicyclic) bond motifs is 1. The fourth-order valence-electron chi connectivity index (χ4n) is 12.7. The molecule has 1 saturated heterocycles. The minimum atomic E-state index is -4.71. The maximum absolute atomic E-state index is 12.2. The van der Waals surface area contributed by atoms with Gasteiger partial charge in [0.25, 0.3) is 11.5 Å². The SMILES string of the molecule is C.CC(C)C1=C(C(=O)C(F)(F)F)CCC1.CC(C)c1ccc(CO)cc1.CC(C)c1ccc(O)cc1.CC(C)c1ccc([N+](=O)[O-])cc1.CC1=C(C(C)C)c2ccccc2C1.COc1cc(/C=N/O)ccc1C(C)C.COc1ccc(C(C)C)c(C)c1C.Cc1ccc(N2CCNC(C)C2)cc1C(C)C. The Hall–Kier alpha value is -8.53. The molecule has 15 heteroatoms. The number of nitrogens with one attached hydrogen (secondary N) is 1. The Morgan fingerprint density at radius 2 is 1.16 bits per heavy atom. The summed E-state index contributed by atoms with van der Waals surface area (Å²) in [4.78, 5) is 23.4. The number of non-ortho nitro benzene ring substituents is 1. The number of carbonyl (C=O) groups excluding carboxylic acids is 1. The number of nitrogens with zero attached hydrogens (tertiary/aromatic N) is 3. The van der Waals surface area contributed by atoms with Crippen LogP contribution in [0, 0.1) is 42.7 Å². The van der Waals surface area contributed by atoms with E-state index in [1.807, 2.05) is 56.3 Å². The van der Waals surface area contributed by atoms with Gasteiger partial charge in [-0.25, -0.2) is 0 Å². The molecule has 10 rings (SSSR count). The number of hydrogen-bond donors (Lipinski definition) is 4. The standard InChI is InChI=1S/C15H24N2.C13H16.C12H18O.C11H15NO2.C10H13F3O.C10H14O.C9H11NO2.C9H12O.CH4/c1-11(2)15-9-14(6-5-12(15)3)17-8-7-16-13(4)10-17;1-9(2)13-10(3)8-11-6-4-5-7-12(11)13;1-8(2)11-6-7-12(13-5)10(4)9(11)3;1-8(2)10-5-4-9(7-12-13)6-11(10)14-3;1-6(2)7-4-3-5-8(7)9(14)10(11,12)13;1-8(2)10-5-3-9(7-11)4-6-10;1-7(2)8-3-5-9(6-4-8)10(11)12;1-7(2)8-3-5-9(10)6-4-8;/h5-6,9,11,13,16H,7-8,10H2,1-4H3;4-7,9H,8H2,1-3H3;6-8H,1-5H3;4-8,13H,1-3H3;6H,3-5H2,1-2H3;3-6,8,11H,7H2,1-2H3;3-7H,1-2H3;3-7,10H,1-2H3;1H4/b;;;12-7+;;;;;. The molecule has 105 heavy (non-hydrogen) atoms. The first-order chi connectivity index (χ1) is 48.9. The molecule has 7 aromatic rings. The molecule has 7 aromatic carbocycles. The van der Waals surface area contributed by atoms with Crippen molar-refractivity contribution in [2.75, 3.05) is 38.8 Å². The number of ketones is 1. The molecule has 1 unspecified atom stereocenters. The van der Waals surface area contributed by atoms with Crippen molar-refractivity contribution >= 4 is 28.9 Å². The topological polar surface area (TPSA) is 167 Å². The van der Waals surface area contributed by atoms with Crippen LogP contribution >= 0.6 is 0 Å². The van der Waals surface area contributed by atoms with E-state index in [1.165, 1.54) is 74.1 Å². The minimum absolute atomic E-state index is 0. The Kier molecular flexibility index (Phi) is 40.3. The third-order valence-corrected chi connectivity index (χ3v) is 18.8. The third-order valence-electron chi connectivity index (χ3n) is 18.8. The predicted octanol–water partition coefficient (Wildman–Crippen LogP) is 24.1. The number of piperazine rings is 1. The number of oxime groups is 1. The number of phenols is 1. The molecule has 0 saturated carbocycles. The molecule has 576 valence electrons. The van der Waals surface area contributed by atoms with Crippen LogP contribution in [-0.2, 0) is 17.8 Å². The van der Waals surface area contributed by atoms with Crippen LogP contribution in [-0.4, -0.2) is 78.4 Å². The zero-order chi connectivity index (χ0) is 78.3. The van der Waals surface area contributed by atoms with E-state index >= 15 is 0 Å². The number of aromatic hydroxyl groups is 1. The summed E-state index contributed by atoms with van der Waals surface area (Å²) in [6, 6.07) is 48.3. The molecular weight excluding hydrogens is 1320 g/mol. The summed E-state index contributed by atoms with van der Waals surface area (Å²) < 4.78 is 47.0. The van der Waals surface area contributed by atoms with E-state index in [9.17, 15) is 28.1 Å². The van der Waals surface area contributed by atoms with Crippen LogP contribution in [0.1, 0.15) is 259 Å². The van der Waals surface area contributed by atoms with Gasteiger partial charge in [0.15, 0.2) is 0 Å². The lowest BCUT2D eigenvalue weighted by Gasteiger charge is -2.34. The van der Waals surface area contributed by atoms with Crippen molar-refractivity contribution in [3.63, 3.8) is 0 Å². The van der Waals surface area contributed by atoms with Gasteiger partial charge in [-0.3, -0.25) is 14.9 Å². The van der Waals surface area contributed by atoms with Crippen molar-refractivity contribution in [3.8, 4) is 17.2 Å². The number of Topliss-reactive ketones (excluding diaryl/α,β-unsaturated/α-hetero) is 1. The van der Waals surface area contributed by atoms with Crippen molar-refractivity contribution in [1.29, 1.82) is 0 Å². The van der Waals surface area contributed by atoms with E-state index in [1.54, 1.807) is 49.6 Å². The number of nitro benzene ring substituents is 1. The number of anilines is 1. The number of phenolic OH excluding ortho intramolecular Hbond substituents is 1. The van der Waals surface area contributed by atoms with Crippen LogP contribution < -0.4 is 19.7 Å². The van der Waals surface area contributed by atoms with Gasteiger partial charge in [0.05, 0.1) is 32.0 Å². The number of aliphatic hydroxyl groups excluding tert-OH is 1. The van der Waals surface area contributed by atoms with E-state index in [0.717, 1.165) is 59.8 Å². The molecule has 1 heterocycles. The molecule has 0 aromatic heterocycles. The molecule has 2 aliphatic carbocycles. The van der Waals surface area contributed by atoms with E-state index in [4.69, 9.17) is 24.9 Å². The van der Waals surface area contributed by atoms with Crippen LogP contribution in [0.5, 0.6) is 17.2 Å². The molecular formula is C90H127F3N4O8. The number of allylic oxidation sites excluding steroid dienone is 4. The van der Waals surface area contributed by atoms with E-state index in [2.05, 4.69) is 214 Å². The Balaban J connectivity index is 0.000000409. The summed E-state index contributed by atoms with van der Waals surface area (Å²) in [5.74, 6) is 4.36. The Bertz CT molecular complexity index is 3850. The molecule has 0 spiro atoms. The fourth-order valence-corrected chi connectivity index (χ4v) is 12.7. The van der Waals surface area contributed by atoms with Gasteiger partial charge in [-0.05, 0) is 222 Å². The van der Waals surface area contributed by atoms with Gasteiger partial charge >= 0.3 is 6.18 Å². The predicted molar refractivity (Wildman–Crippen MR) is 435 cm³/mol. The van der Waals surface area contributed by atoms with Crippen LogP contribution in [0.2, 0.25) is 0 Å². The first kappa shape index (κ1) is 92.6. The zero-order valence-electron chi connectivity index (χ0n) is 66.6. The number of ether oxygens (including phenoxy) is 2. The van der Waals surface area contributed by atoms with Crippen LogP contribution in [0.3, 0.4) is 0 Å². The van der Waals surface area contributed by atoms with Gasteiger partial charge in [0.2, 0.25) is 0 Å². The zero-order valence-corrected chi connectivity index (χ0v) is 66.6. The number of halogens is 3. The van der Waals surface area contributed by atoms with Crippen LogP contribution in [0.15, 0.2) is 167 Å². The molecule has 4 N–H and O–H groups in total. The fraction of sp³-hybridized carbons (Fsp3) is 0.467. The average molecular weight is 1450 g/mol. The number of rotatable bonds is 15. The largest absolute Gasteiger partial charge is 0.508 e. The molecule has 12 nitrogen and oxygen atoms in total. The number of aliphatic hydroxyl groups is 1. The Morgan fingerprint density at radius 1 is 0.638 bits per heavy atom. The number of carbonyl (C=O) groups is 1. The lowest BCUT2D eigenvalue weighted by Crippen LogP contribution is -2.49. The second-order valence-electron chi connectivity index (χ2n) is 29.5. The van der Waals surface area contributed by atoms with Crippen molar-refractivity contribution in [2.24, 2.45) is 17.0 Å². The number of benzene rings is 7. The number of alkyl halides is 3.